The minimum Gasteiger partial charge on any atom is -0.463 e. The standard InChI is InChI=1S/C61H62F3NO13/c1-40(66)69-39-50-52(75-41(2)67)53(76-42(3)68)51(65-33-48-31-19-20-32-49(48)61(62,63)64)60(77-50)78-59-57(73-37-46-27-15-7-16-28-46)55(71-35-44-23-11-5-12-24-44)54(70-34-43-21-9-4-10-22-43)56(72-36-45-25-13-6-14-26-45)58(59)74-38-47-29-17-8-18-30-47/h4-33,50-60H,34-39H2,1-3H3/t50-,51-,52-,53-,54?,55-,56-,57-,58+,59?,60-/m1/s1. The lowest BCUT2D eigenvalue weighted by atomic mass is 9.83. The van der Waals surface area contributed by atoms with E-state index < -0.39 is 104 Å². The van der Waals surface area contributed by atoms with E-state index in [4.69, 9.17) is 47.4 Å². The Kier molecular flexibility index (Phi) is 20.5. The maximum absolute atomic E-state index is 14.6. The summed E-state index contributed by atoms with van der Waals surface area (Å²) in [5.74, 6) is -2.43. The van der Waals surface area contributed by atoms with Gasteiger partial charge in [0.05, 0.1) is 38.6 Å². The van der Waals surface area contributed by atoms with E-state index in [9.17, 15) is 27.6 Å². The zero-order chi connectivity index (χ0) is 54.9. The second kappa shape index (κ2) is 28.0. The Morgan fingerprint density at radius 1 is 0.462 bits per heavy atom. The molecule has 0 bridgehead atoms. The van der Waals surface area contributed by atoms with Gasteiger partial charge in [-0.3, -0.25) is 19.4 Å². The fourth-order valence-corrected chi connectivity index (χ4v) is 9.40. The lowest BCUT2D eigenvalue weighted by Gasteiger charge is -2.51. The zero-order valence-electron chi connectivity index (χ0n) is 43.3. The number of esters is 3. The number of benzene rings is 6. The number of hydrogen-bond acceptors (Lipinski definition) is 14. The van der Waals surface area contributed by atoms with Crippen LogP contribution in [0.3, 0.4) is 0 Å². The first kappa shape index (κ1) is 57.1. The number of carbonyl (C=O) groups is 3. The summed E-state index contributed by atoms with van der Waals surface area (Å²) in [4.78, 5) is 43.3. The third kappa shape index (κ3) is 16.0. The first-order valence-corrected chi connectivity index (χ1v) is 25.6. The summed E-state index contributed by atoms with van der Waals surface area (Å²) in [6.07, 6.45) is -16.9. The van der Waals surface area contributed by atoms with Crippen LogP contribution in [0.25, 0.3) is 0 Å². The first-order valence-electron chi connectivity index (χ1n) is 25.6. The van der Waals surface area contributed by atoms with Gasteiger partial charge in [-0.15, -0.1) is 0 Å². The molecule has 14 nitrogen and oxygen atoms in total. The normalized spacial score (nSPS) is 24.3. The average molecular weight is 1070 g/mol. The molecule has 11 atom stereocenters. The van der Waals surface area contributed by atoms with Gasteiger partial charge in [0, 0.05) is 32.5 Å². The molecule has 0 amide bonds. The van der Waals surface area contributed by atoms with Crippen molar-refractivity contribution in [3.05, 3.63) is 215 Å². The van der Waals surface area contributed by atoms with Crippen molar-refractivity contribution >= 4 is 24.1 Å². The Bertz CT molecular complexity index is 2730. The van der Waals surface area contributed by atoms with E-state index in [2.05, 4.69) is 4.99 Å². The molecule has 78 heavy (non-hydrogen) atoms. The minimum atomic E-state index is -4.80. The topological polar surface area (TPSA) is 156 Å². The van der Waals surface area contributed by atoms with Crippen LogP contribution in [0.1, 0.15) is 59.7 Å². The first-order chi connectivity index (χ1) is 37.8. The molecule has 1 saturated heterocycles. The van der Waals surface area contributed by atoms with E-state index in [1.807, 2.05) is 152 Å². The Labute approximate surface area is 451 Å². The van der Waals surface area contributed by atoms with Gasteiger partial charge in [-0.1, -0.05) is 170 Å². The smallest absolute Gasteiger partial charge is 0.417 e. The van der Waals surface area contributed by atoms with Gasteiger partial charge in [-0.25, -0.2) is 0 Å². The van der Waals surface area contributed by atoms with Crippen LogP contribution in [0, 0.1) is 0 Å². The summed E-state index contributed by atoms with van der Waals surface area (Å²) in [6, 6.07) is 50.6. The Morgan fingerprint density at radius 2 is 0.808 bits per heavy atom. The van der Waals surface area contributed by atoms with E-state index in [1.54, 1.807) is 0 Å². The second-order valence-corrected chi connectivity index (χ2v) is 18.8. The number of hydrogen-bond donors (Lipinski definition) is 0. The highest BCUT2D eigenvalue weighted by atomic mass is 19.4. The predicted octanol–water partition coefficient (Wildman–Crippen LogP) is 9.97. The van der Waals surface area contributed by atoms with Crippen molar-refractivity contribution in [2.45, 2.75) is 127 Å². The number of rotatable bonds is 23. The Hall–Kier alpha value is -7.09. The molecular formula is C61H62F3NO13. The van der Waals surface area contributed by atoms with E-state index in [0.29, 0.717) is 0 Å². The van der Waals surface area contributed by atoms with Gasteiger partial charge in [-0.2, -0.15) is 13.2 Å². The van der Waals surface area contributed by atoms with Crippen molar-refractivity contribution in [3.8, 4) is 0 Å². The molecule has 0 spiro atoms. The van der Waals surface area contributed by atoms with E-state index in [0.717, 1.165) is 53.9 Å². The van der Waals surface area contributed by atoms with E-state index in [-0.39, 0.29) is 38.6 Å². The van der Waals surface area contributed by atoms with Gasteiger partial charge in [0.25, 0.3) is 0 Å². The van der Waals surface area contributed by atoms with Crippen LogP contribution in [-0.4, -0.2) is 98.0 Å². The molecule has 2 unspecified atom stereocenters. The minimum absolute atomic E-state index is 0.00389. The Balaban J connectivity index is 1.33. The molecular weight excluding hydrogens is 1010 g/mol. The lowest BCUT2D eigenvalue weighted by molar-refractivity contribution is -0.337. The molecule has 6 aromatic rings. The van der Waals surface area contributed by atoms with Gasteiger partial charge in [-0.05, 0) is 33.9 Å². The van der Waals surface area contributed by atoms with Crippen LogP contribution in [0.5, 0.6) is 0 Å². The van der Waals surface area contributed by atoms with Crippen molar-refractivity contribution in [3.63, 3.8) is 0 Å². The number of halogens is 3. The summed E-state index contributed by atoms with van der Waals surface area (Å²) in [5.41, 5.74) is 2.70. The van der Waals surface area contributed by atoms with Crippen LogP contribution in [0.15, 0.2) is 181 Å². The van der Waals surface area contributed by atoms with Crippen LogP contribution >= 0.6 is 0 Å². The highest BCUT2D eigenvalue weighted by molar-refractivity contribution is 5.82. The SMILES string of the molecule is CC(=O)OC[C@H]1O[C@H](OC2[C@@H](OCc3ccccc3)[C@H](OCc3ccccc3)C(OCc3ccccc3)[C@@H](OCc3ccccc3)[C@H]2OCc2ccccc2)[C@H](N=Cc2ccccc2C(F)(F)F)[C@@H](OC(C)=O)[C@@H]1OC(C)=O. The van der Waals surface area contributed by atoms with Crippen molar-refractivity contribution in [2.75, 3.05) is 6.61 Å². The van der Waals surface area contributed by atoms with E-state index >= 15 is 0 Å². The van der Waals surface area contributed by atoms with Gasteiger partial charge in [0.1, 0.15) is 55.4 Å². The maximum atomic E-state index is 14.6. The van der Waals surface area contributed by atoms with Crippen molar-refractivity contribution in [2.24, 2.45) is 4.99 Å². The van der Waals surface area contributed by atoms with Gasteiger partial charge < -0.3 is 47.4 Å². The van der Waals surface area contributed by atoms with Crippen LogP contribution in [0.2, 0.25) is 0 Å². The third-order valence-electron chi connectivity index (χ3n) is 13.0. The summed E-state index contributed by atoms with van der Waals surface area (Å²) >= 11 is 0. The Morgan fingerprint density at radius 3 is 1.17 bits per heavy atom. The summed E-state index contributed by atoms with van der Waals surface area (Å²) in [5, 5.41) is 0. The van der Waals surface area contributed by atoms with Crippen LogP contribution in [-0.2, 0) is 101 Å². The fraction of sp³-hybridized carbons (Fsp3) is 0.344. The van der Waals surface area contributed by atoms with Crippen molar-refractivity contribution in [1.82, 2.24) is 0 Å². The van der Waals surface area contributed by atoms with Crippen LogP contribution in [0.4, 0.5) is 13.2 Å². The molecule has 0 aromatic heterocycles. The summed E-state index contributed by atoms with van der Waals surface area (Å²) in [6.45, 7) is 3.07. The molecule has 410 valence electrons. The molecule has 1 aliphatic heterocycles. The van der Waals surface area contributed by atoms with Gasteiger partial charge >= 0.3 is 24.1 Å². The number of nitrogens with zero attached hydrogens (tertiary/aromatic N) is 1. The number of ether oxygens (including phenoxy) is 10. The fourth-order valence-electron chi connectivity index (χ4n) is 9.40. The molecule has 0 radical (unpaired) electrons. The number of carbonyl (C=O) groups excluding carboxylic acids is 3. The average Bonchev–Trinajstić information content (AvgIpc) is 3.65. The maximum Gasteiger partial charge on any atom is 0.417 e. The monoisotopic (exact) mass is 1070 g/mol. The van der Waals surface area contributed by atoms with Crippen molar-refractivity contribution in [1.29, 1.82) is 0 Å². The number of aliphatic imine (C=N–C) groups is 1. The molecule has 1 heterocycles. The molecule has 1 aliphatic carbocycles. The highest BCUT2D eigenvalue weighted by Gasteiger charge is 2.58. The molecule has 17 heteroatoms. The second-order valence-electron chi connectivity index (χ2n) is 18.8. The quantitative estimate of drug-likeness (QED) is 0.0340. The largest absolute Gasteiger partial charge is 0.463 e. The molecule has 1 saturated carbocycles. The predicted molar refractivity (Wildman–Crippen MR) is 279 cm³/mol. The highest BCUT2D eigenvalue weighted by Crippen LogP contribution is 2.40. The summed E-state index contributed by atoms with van der Waals surface area (Å²) < 4.78 is 110. The van der Waals surface area contributed by atoms with Gasteiger partial charge in [0.2, 0.25) is 0 Å². The summed E-state index contributed by atoms with van der Waals surface area (Å²) in [7, 11) is 0. The number of alkyl halides is 3. The zero-order valence-corrected chi connectivity index (χ0v) is 43.3. The van der Waals surface area contributed by atoms with Crippen LogP contribution < -0.4 is 0 Å². The molecule has 8 rings (SSSR count). The molecule has 6 aromatic carbocycles. The molecule has 2 aliphatic rings. The molecule has 0 N–H and O–H groups in total. The van der Waals surface area contributed by atoms with Crippen molar-refractivity contribution < 1.29 is 74.9 Å². The lowest BCUT2D eigenvalue weighted by Crippen LogP contribution is -2.69. The van der Waals surface area contributed by atoms with E-state index in [1.165, 1.54) is 25.1 Å². The van der Waals surface area contributed by atoms with Gasteiger partial charge in [0.15, 0.2) is 18.5 Å². The third-order valence-corrected chi connectivity index (χ3v) is 13.0. The molecule has 2 fully saturated rings.